The van der Waals surface area contributed by atoms with Gasteiger partial charge in [-0.1, -0.05) is 51.3 Å². The summed E-state index contributed by atoms with van der Waals surface area (Å²) < 4.78 is 11.3. The summed E-state index contributed by atoms with van der Waals surface area (Å²) in [5, 5.41) is 13.6. The van der Waals surface area contributed by atoms with Crippen molar-refractivity contribution in [3.63, 3.8) is 0 Å². The number of carbonyl (C=O) groups excluding carboxylic acids is 2. The Balaban J connectivity index is 2.07. The Morgan fingerprint density at radius 2 is 1.88 bits per heavy atom. The summed E-state index contributed by atoms with van der Waals surface area (Å²) >= 11 is 17.5. The molecule has 1 aliphatic rings. The number of hydrogen-bond acceptors (Lipinski definition) is 6. The van der Waals surface area contributed by atoms with E-state index in [1.165, 1.54) is 18.9 Å². The smallest absolute Gasteiger partial charge is 0.319 e. The van der Waals surface area contributed by atoms with Crippen molar-refractivity contribution in [1.29, 1.82) is 5.26 Å². The van der Waals surface area contributed by atoms with Gasteiger partial charge in [0, 0.05) is 16.1 Å². The third-order valence-corrected chi connectivity index (χ3v) is 7.13. The van der Waals surface area contributed by atoms with E-state index >= 15 is 0 Å². The molecule has 2 atom stereocenters. The van der Waals surface area contributed by atoms with Gasteiger partial charge < -0.3 is 14.8 Å². The first-order chi connectivity index (χ1) is 15.8. The van der Waals surface area contributed by atoms with Crippen LogP contribution < -0.4 is 10.1 Å². The maximum atomic E-state index is 13.0. The van der Waals surface area contributed by atoms with Gasteiger partial charge in [-0.05, 0) is 42.3 Å². The van der Waals surface area contributed by atoms with Gasteiger partial charge in [-0.15, -0.1) is 11.8 Å². The zero-order valence-corrected chi connectivity index (χ0v) is 21.6. The first-order valence-corrected chi connectivity index (χ1v) is 12.4. The van der Waals surface area contributed by atoms with E-state index < -0.39 is 23.7 Å². The number of hydrogen-bond donors (Lipinski definition) is 1. The van der Waals surface area contributed by atoms with Gasteiger partial charge in [-0.3, -0.25) is 9.59 Å². The van der Waals surface area contributed by atoms with Crippen LogP contribution in [0.1, 0.15) is 24.0 Å². The maximum Gasteiger partial charge on any atom is 0.319 e. The fourth-order valence-corrected chi connectivity index (χ4v) is 5.34. The van der Waals surface area contributed by atoms with Crippen molar-refractivity contribution in [3.05, 3.63) is 72.6 Å². The Bertz CT molecular complexity index is 1130. The van der Waals surface area contributed by atoms with Gasteiger partial charge in [0.05, 0.1) is 40.4 Å². The first kappa shape index (κ1) is 25.4. The average Bonchev–Trinajstić information content (AvgIpc) is 2.79. The Morgan fingerprint density at radius 3 is 2.42 bits per heavy atom. The van der Waals surface area contributed by atoms with Crippen LogP contribution in [-0.4, -0.2) is 25.6 Å². The van der Waals surface area contributed by atoms with Crippen LogP contribution in [0.4, 0.5) is 0 Å². The second kappa shape index (κ2) is 11.3. The SMILES string of the molecule is CCOc1c(Cl)cc([C@H]2C(C#N)=C(SCc3ccc(Br)cc3)NC(=O)[C@H]2C(=O)OC)cc1Cl. The number of halogens is 3. The molecule has 172 valence electrons. The van der Waals surface area contributed by atoms with E-state index in [-0.39, 0.29) is 15.6 Å². The van der Waals surface area contributed by atoms with Gasteiger partial charge in [-0.25, -0.2) is 0 Å². The quantitative estimate of drug-likeness (QED) is 0.333. The molecule has 0 aliphatic carbocycles. The van der Waals surface area contributed by atoms with E-state index in [4.69, 9.17) is 32.7 Å². The Hall–Kier alpha value is -2.18. The van der Waals surface area contributed by atoms with E-state index in [1.807, 2.05) is 24.3 Å². The van der Waals surface area contributed by atoms with E-state index in [1.54, 1.807) is 19.1 Å². The standard InChI is InChI=1S/C23H19BrCl2N2O4S/c1-3-32-20-16(25)8-13(9-17(20)26)18-15(10-27)22(28-21(29)19(18)23(30)31-2)33-11-12-4-6-14(24)7-5-12/h4-9,18-19H,3,11H2,1-2H3,(H,28,29)/t18-,19-/m0/s1. The molecule has 33 heavy (non-hydrogen) atoms. The van der Waals surface area contributed by atoms with Crippen molar-refractivity contribution < 1.29 is 19.1 Å². The molecule has 1 heterocycles. The van der Waals surface area contributed by atoms with Crippen LogP contribution >= 0.6 is 50.9 Å². The summed E-state index contributed by atoms with van der Waals surface area (Å²) in [5.41, 5.74) is 1.67. The predicted molar refractivity (Wildman–Crippen MR) is 132 cm³/mol. The number of carbonyl (C=O) groups is 2. The molecule has 3 rings (SSSR count). The number of amides is 1. The Kier molecular flexibility index (Phi) is 8.71. The molecule has 0 spiro atoms. The fourth-order valence-electron chi connectivity index (χ4n) is 3.46. The topological polar surface area (TPSA) is 88.4 Å². The summed E-state index contributed by atoms with van der Waals surface area (Å²) in [5.74, 6) is -2.71. The number of rotatable bonds is 7. The molecule has 0 saturated carbocycles. The van der Waals surface area contributed by atoms with Crippen molar-refractivity contribution in [3.8, 4) is 11.8 Å². The number of thioether (sulfide) groups is 1. The van der Waals surface area contributed by atoms with Gasteiger partial charge in [0.2, 0.25) is 5.91 Å². The maximum absolute atomic E-state index is 13.0. The molecule has 0 bridgehead atoms. The van der Waals surface area contributed by atoms with Crippen molar-refractivity contribution in [2.24, 2.45) is 5.92 Å². The zero-order chi connectivity index (χ0) is 24.1. The zero-order valence-electron chi connectivity index (χ0n) is 17.7. The predicted octanol–water partition coefficient (Wildman–Crippen LogP) is 5.83. The summed E-state index contributed by atoms with van der Waals surface area (Å²) in [7, 11) is 1.19. The molecule has 1 aliphatic heterocycles. The van der Waals surface area contributed by atoms with Crippen molar-refractivity contribution in [2.45, 2.75) is 18.6 Å². The molecule has 0 saturated heterocycles. The molecule has 6 nitrogen and oxygen atoms in total. The summed E-state index contributed by atoms with van der Waals surface area (Å²) in [6, 6.07) is 13.0. The lowest BCUT2D eigenvalue weighted by atomic mass is 9.78. The van der Waals surface area contributed by atoms with Crippen molar-refractivity contribution in [2.75, 3.05) is 13.7 Å². The molecule has 0 radical (unpaired) electrons. The minimum absolute atomic E-state index is 0.218. The Labute approximate surface area is 214 Å². The lowest BCUT2D eigenvalue weighted by molar-refractivity contribution is -0.150. The molecule has 0 unspecified atom stereocenters. The summed E-state index contributed by atoms with van der Waals surface area (Å²) in [6.07, 6.45) is 0. The van der Waals surface area contributed by atoms with Gasteiger partial charge in [0.15, 0.2) is 5.75 Å². The molecule has 10 heteroatoms. The van der Waals surface area contributed by atoms with Crippen molar-refractivity contribution in [1.82, 2.24) is 5.32 Å². The third-order valence-electron chi connectivity index (χ3n) is 4.95. The van der Waals surface area contributed by atoms with E-state index in [0.717, 1.165) is 10.0 Å². The molecule has 0 aromatic heterocycles. The van der Waals surface area contributed by atoms with Crippen LogP contribution in [0.2, 0.25) is 10.0 Å². The monoisotopic (exact) mass is 568 g/mol. The highest BCUT2D eigenvalue weighted by molar-refractivity contribution is 9.10. The van der Waals surface area contributed by atoms with Gasteiger partial charge in [0.25, 0.3) is 0 Å². The summed E-state index contributed by atoms with van der Waals surface area (Å²) in [6.45, 7) is 2.15. The molecule has 1 N–H and O–H groups in total. The lowest BCUT2D eigenvalue weighted by Gasteiger charge is -2.31. The fraction of sp³-hybridized carbons (Fsp3) is 0.261. The minimum Gasteiger partial charge on any atom is -0.491 e. The van der Waals surface area contributed by atoms with Gasteiger partial charge in [0.1, 0.15) is 5.92 Å². The van der Waals surface area contributed by atoms with Crippen LogP contribution in [0.5, 0.6) is 5.75 Å². The highest BCUT2D eigenvalue weighted by Gasteiger charge is 2.44. The number of methoxy groups -OCH3 is 1. The van der Waals surface area contributed by atoms with E-state index in [0.29, 0.717) is 28.7 Å². The molecular formula is C23H19BrCl2N2O4S. The van der Waals surface area contributed by atoms with Crippen LogP contribution in [0, 0.1) is 17.2 Å². The largest absolute Gasteiger partial charge is 0.491 e. The van der Waals surface area contributed by atoms with E-state index in [9.17, 15) is 14.9 Å². The number of benzene rings is 2. The molecule has 1 amide bonds. The molecule has 2 aromatic rings. The van der Waals surface area contributed by atoms with E-state index in [2.05, 4.69) is 27.3 Å². The lowest BCUT2D eigenvalue weighted by Crippen LogP contribution is -2.44. The highest BCUT2D eigenvalue weighted by atomic mass is 79.9. The van der Waals surface area contributed by atoms with Crippen molar-refractivity contribution >= 4 is 62.8 Å². The second-order valence-corrected chi connectivity index (χ2v) is 9.70. The highest BCUT2D eigenvalue weighted by Crippen LogP contribution is 2.44. The number of ether oxygens (including phenoxy) is 2. The molecule has 0 fully saturated rings. The average molecular weight is 570 g/mol. The minimum atomic E-state index is -1.27. The van der Waals surface area contributed by atoms with Crippen LogP contribution in [0.3, 0.4) is 0 Å². The third kappa shape index (κ3) is 5.67. The number of nitrogens with one attached hydrogen (secondary N) is 1. The second-order valence-electron chi connectivity index (χ2n) is 6.98. The Morgan fingerprint density at radius 1 is 1.24 bits per heavy atom. The number of allylic oxidation sites excluding steroid dienone is 1. The van der Waals surface area contributed by atoms with Gasteiger partial charge in [-0.2, -0.15) is 5.26 Å². The van der Waals surface area contributed by atoms with Gasteiger partial charge >= 0.3 is 5.97 Å². The number of esters is 1. The molecule has 2 aromatic carbocycles. The van der Waals surface area contributed by atoms with Crippen LogP contribution in [0.25, 0.3) is 0 Å². The number of nitriles is 1. The number of nitrogens with zero attached hydrogens (tertiary/aromatic N) is 1. The van der Waals surface area contributed by atoms with Crippen LogP contribution in [0.15, 0.2) is 51.5 Å². The first-order valence-electron chi connectivity index (χ1n) is 9.82. The normalized spacial score (nSPS) is 17.9. The molecular weight excluding hydrogens is 551 g/mol. The van der Waals surface area contributed by atoms with Crippen LogP contribution in [-0.2, 0) is 20.1 Å². The summed E-state index contributed by atoms with van der Waals surface area (Å²) in [4.78, 5) is 25.5.